The molecule has 0 spiro atoms. The smallest absolute Gasteiger partial charge is 0.233 e. The lowest BCUT2D eigenvalue weighted by Gasteiger charge is -2.01. The molecular weight excluding hydrogens is 192 g/mol. The lowest BCUT2D eigenvalue weighted by Crippen LogP contribution is -2.29. The van der Waals surface area contributed by atoms with Crippen molar-refractivity contribution in [1.82, 2.24) is 15.2 Å². The number of hydrogen-bond donors (Lipinski definition) is 2. The summed E-state index contributed by atoms with van der Waals surface area (Å²) in [5.41, 5.74) is 3.30. The fraction of sp³-hybridized carbons (Fsp3) is 0.600. The number of amides is 1. The van der Waals surface area contributed by atoms with Crippen LogP contribution in [0.2, 0.25) is 0 Å². The van der Waals surface area contributed by atoms with Crippen molar-refractivity contribution in [3.05, 3.63) is 18.0 Å². The molecule has 0 bridgehead atoms. The van der Waals surface area contributed by atoms with E-state index in [0.29, 0.717) is 6.42 Å². The van der Waals surface area contributed by atoms with E-state index in [9.17, 15) is 4.79 Å². The highest BCUT2D eigenvalue weighted by atomic mass is 16.2. The largest absolute Gasteiger partial charge is 0.294 e. The molecule has 3 N–H and O–H groups in total. The molecule has 5 nitrogen and oxygen atoms in total. The van der Waals surface area contributed by atoms with E-state index in [1.165, 1.54) is 5.56 Å². The number of nitrogens with two attached hydrogens (primary N) is 1. The highest BCUT2D eigenvalue weighted by Gasteiger charge is 1.98. The molecular formula is C10H18N4O. The summed E-state index contributed by atoms with van der Waals surface area (Å²) in [7, 11) is 0. The van der Waals surface area contributed by atoms with Crippen LogP contribution in [0.15, 0.2) is 12.4 Å². The third-order valence-electron chi connectivity index (χ3n) is 2.21. The summed E-state index contributed by atoms with van der Waals surface area (Å²) >= 11 is 0. The normalized spacial score (nSPS) is 10.3. The maximum atomic E-state index is 10.8. The summed E-state index contributed by atoms with van der Waals surface area (Å²) < 4.78 is 1.93. The van der Waals surface area contributed by atoms with Crippen LogP contribution < -0.4 is 11.3 Å². The number of nitrogens with one attached hydrogen (secondary N) is 1. The van der Waals surface area contributed by atoms with Gasteiger partial charge in [0.05, 0.1) is 6.20 Å². The van der Waals surface area contributed by atoms with E-state index < -0.39 is 0 Å². The second-order valence-corrected chi connectivity index (χ2v) is 3.66. The number of hydrazine groups is 1. The van der Waals surface area contributed by atoms with Gasteiger partial charge in [0.2, 0.25) is 5.91 Å². The van der Waals surface area contributed by atoms with Gasteiger partial charge in [0.15, 0.2) is 0 Å². The molecule has 0 unspecified atom stereocenters. The standard InChI is InChI=1S/C10H18N4O/c1-9-7-12-14(8-9)6-4-2-3-5-10(15)13-11/h7-8H,2-6,11H2,1H3,(H,13,15). The Bertz CT molecular complexity index is 308. The Hall–Kier alpha value is -1.36. The zero-order valence-electron chi connectivity index (χ0n) is 9.07. The predicted molar refractivity (Wildman–Crippen MR) is 57.8 cm³/mol. The van der Waals surface area contributed by atoms with Crippen LogP contribution in [0.5, 0.6) is 0 Å². The van der Waals surface area contributed by atoms with Crippen LogP contribution in [-0.4, -0.2) is 15.7 Å². The minimum Gasteiger partial charge on any atom is -0.294 e. The molecule has 0 aromatic carbocycles. The summed E-state index contributed by atoms with van der Waals surface area (Å²) in [5.74, 6) is 4.87. The number of carbonyl (C=O) groups is 1. The van der Waals surface area contributed by atoms with Crippen molar-refractivity contribution in [2.75, 3.05) is 0 Å². The van der Waals surface area contributed by atoms with Gasteiger partial charge in [0.1, 0.15) is 0 Å². The quantitative estimate of drug-likeness (QED) is 0.315. The maximum Gasteiger partial charge on any atom is 0.233 e. The number of unbranched alkanes of at least 4 members (excludes halogenated alkanes) is 2. The van der Waals surface area contributed by atoms with E-state index in [0.717, 1.165) is 25.8 Å². The monoisotopic (exact) mass is 210 g/mol. The zero-order chi connectivity index (χ0) is 11.1. The van der Waals surface area contributed by atoms with Crippen molar-refractivity contribution >= 4 is 5.91 Å². The minimum atomic E-state index is -0.0927. The third kappa shape index (κ3) is 4.60. The molecule has 5 heteroatoms. The lowest BCUT2D eigenvalue weighted by molar-refractivity contribution is -0.121. The number of aromatic nitrogens is 2. The summed E-state index contributed by atoms with van der Waals surface area (Å²) in [6, 6.07) is 0. The molecule has 0 fully saturated rings. The lowest BCUT2D eigenvalue weighted by atomic mass is 10.2. The Kier molecular flexibility index (Phi) is 4.83. The molecule has 1 aromatic heterocycles. The molecule has 1 heterocycles. The SMILES string of the molecule is Cc1cnn(CCCCCC(=O)NN)c1. The van der Waals surface area contributed by atoms with Crippen LogP contribution >= 0.6 is 0 Å². The van der Waals surface area contributed by atoms with Crippen LogP contribution in [0, 0.1) is 6.92 Å². The minimum absolute atomic E-state index is 0.0927. The second-order valence-electron chi connectivity index (χ2n) is 3.66. The number of nitrogens with zero attached hydrogens (tertiary/aromatic N) is 2. The van der Waals surface area contributed by atoms with Crippen molar-refractivity contribution < 1.29 is 4.79 Å². The first-order chi connectivity index (χ1) is 7.22. The number of rotatable bonds is 6. The first-order valence-corrected chi connectivity index (χ1v) is 5.21. The van der Waals surface area contributed by atoms with Crippen molar-refractivity contribution in [3.8, 4) is 0 Å². The van der Waals surface area contributed by atoms with Crippen LogP contribution in [0.3, 0.4) is 0 Å². The van der Waals surface area contributed by atoms with E-state index in [-0.39, 0.29) is 5.91 Å². The van der Waals surface area contributed by atoms with E-state index in [1.807, 2.05) is 24.0 Å². The first-order valence-electron chi connectivity index (χ1n) is 5.21. The Balaban J connectivity index is 2.05. The predicted octanol–water partition coefficient (Wildman–Crippen LogP) is 0.742. The summed E-state index contributed by atoms with van der Waals surface area (Å²) in [6.45, 7) is 2.94. The van der Waals surface area contributed by atoms with Gasteiger partial charge in [-0.05, 0) is 25.3 Å². The Morgan fingerprint density at radius 3 is 2.93 bits per heavy atom. The van der Waals surface area contributed by atoms with Crippen molar-refractivity contribution in [3.63, 3.8) is 0 Å². The Morgan fingerprint density at radius 2 is 2.33 bits per heavy atom. The molecule has 1 amide bonds. The summed E-state index contributed by atoms with van der Waals surface area (Å²) in [6.07, 6.45) is 7.32. The van der Waals surface area contributed by atoms with Crippen molar-refractivity contribution in [2.45, 2.75) is 39.2 Å². The first kappa shape index (κ1) is 11.7. The molecule has 0 aliphatic heterocycles. The number of hydrogen-bond acceptors (Lipinski definition) is 3. The molecule has 0 aliphatic rings. The average Bonchev–Trinajstić information content (AvgIpc) is 2.63. The van der Waals surface area contributed by atoms with Crippen LogP contribution in [0.25, 0.3) is 0 Å². The molecule has 0 aliphatic carbocycles. The number of aryl methyl sites for hydroxylation is 2. The fourth-order valence-corrected chi connectivity index (χ4v) is 1.40. The van der Waals surface area contributed by atoms with Gasteiger partial charge < -0.3 is 0 Å². The van der Waals surface area contributed by atoms with Crippen LogP contribution in [-0.2, 0) is 11.3 Å². The molecule has 15 heavy (non-hydrogen) atoms. The summed E-state index contributed by atoms with van der Waals surface area (Å²) in [4.78, 5) is 10.8. The van der Waals surface area contributed by atoms with E-state index in [4.69, 9.17) is 5.84 Å². The fourth-order valence-electron chi connectivity index (χ4n) is 1.40. The van der Waals surface area contributed by atoms with Gasteiger partial charge in [0.25, 0.3) is 0 Å². The third-order valence-corrected chi connectivity index (χ3v) is 2.21. The van der Waals surface area contributed by atoms with Gasteiger partial charge in [0, 0.05) is 19.2 Å². The van der Waals surface area contributed by atoms with Gasteiger partial charge in [-0.25, -0.2) is 5.84 Å². The van der Waals surface area contributed by atoms with Gasteiger partial charge >= 0.3 is 0 Å². The highest BCUT2D eigenvalue weighted by molar-refractivity contribution is 5.74. The van der Waals surface area contributed by atoms with Gasteiger partial charge in [-0.3, -0.25) is 14.9 Å². The van der Waals surface area contributed by atoms with Gasteiger partial charge in [-0.2, -0.15) is 5.10 Å². The molecule has 0 saturated heterocycles. The van der Waals surface area contributed by atoms with Crippen LogP contribution in [0.4, 0.5) is 0 Å². The molecule has 1 rings (SSSR count). The highest BCUT2D eigenvalue weighted by Crippen LogP contribution is 2.02. The second kappa shape index (κ2) is 6.19. The van der Waals surface area contributed by atoms with Crippen molar-refractivity contribution in [2.24, 2.45) is 5.84 Å². The van der Waals surface area contributed by atoms with E-state index >= 15 is 0 Å². The zero-order valence-corrected chi connectivity index (χ0v) is 9.07. The topological polar surface area (TPSA) is 72.9 Å². The maximum absolute atomic E-state index is 10.8. The van der Waals surface area contributed by atoms with E-state index in [2.05, 4.69) is 10.5 Å². The molecule has 1 aromatic rings. The molecule has 0 saturated carbocycles. The van der Waals surface area contributed by atoms with E-state index in [1.54, 1.807) is 0 Å². The molecule has 0 radical (unpaired) electrons. The molecule has 84 valence electrons. The summed E-state index contributed by atoms with van der Waals surface area (Å²) in [5, 5.41) is 4.18. The Morgan fingerprint density at radius 1 is 1.53 bits per heavy atom. The molecule has 0 atom stereocenters. The van der Waals surface area contributed by atoms with Crippen LogP contribution in [0.1, 0.15) is 31.2 Å². The average molecular weight is 210 g/mol. The van der Waals surface area contributed by atoms with Crippen molar-refractivity contribution in [1.29, 1.82) is 0 Å². The number of carbonyl (C=O) groups excluding carboxylic acids is 1. The van der Waals surface area contributed by atoms with Gasteiger partial charge in [-0.1, -0.05) is 6.42 Å². The van der Waals surface area contributed by atoms with Gasteiger partial charge in [-0.15, -0.1) is 0 Å². The Labute approximate surface area is 89.6 Å².